The van der Waals surface area contributed by atoms with Gasteiger partial charge in [0.1, 0.15) is 11.4 Å². The summed E-state index contributed by atoms with van der Waals surface area (Å²) < 4.78 is 5.33. The van der Waals surface area contributed by atoms with E-state index in [2.05, 4.69) is 67.6 Å². The molecule has 0 saturated carbocycles. The van der Waals surface area contributed by atoms with Gasteiger partial charge in [-0.25, -0.2) is 0 Å². The van der Waals surface area contributed by atoms with Gasteiger partial charge in [-0.3, -0.25) is 4.79 Å². The van der Waals surface area contributed by atoms with Crippen LogP contribution in [0.2, 0.25) is 0 Å². The zero-order valence-electron chi connectivity index (χ0n) is 22.8. The number of alkyl halides is 1. The number of rotatable bonds is 8. The standard InChI is InChI=1S/C27H28ClN3O2.C6H8/c1-4-16(2)29-23-13-25-26(21-8-6-5-7-20(21)23)18(14-28)15-31(25)27(32)24-12-17-11-19(33-3)9-10-22(17)30-24;1-3-5-6-4-2/h5-13,16,18,29-30H,4,14-15H2,1-3H3;3-6H,1-2H2/b;6-5-. The van der Waals surface area contributed by atoms with Crippen molar-refractivity contribution in [3.8, 4) is 5.75 Å². The van der Waals surface area contributed by atoms with Crippen LogP contribution >= 0.6 is 11.6 Å². The highest BCUT2D eigenvalue weighted by Gasteiger charge is 2.35. The Hall–Kier alpha value is -3.96. The average molecular weight is 542 g/mol. The van der Waals surface area contributed by atoms with Crippen LogP contribution in [0.25, 0.3) is 21.7 Å². The summed E-state index contributed by atoms with van der Waals surface area (Å²) in [7, 11) is 1.64. The maximum atomic E-state index is 13.7. The Morgan fingerprint density at radius 3 is 2.51 bits per heavy atom. The smallest absolute Gasteiger partial charge is 0.274 e. The lowest BCUT2D eigenvalue weighted by molar-refractivity contribution is 0.0984. The molecule has 5 rings (SSSR count). The number of hydrogen-bond donors (Lipinski definition) is 2. The Morgan fingerprint density at radius 2 is 1.87 bits per heavy atom. The molecule has 0 bridgehead atoms. The Bertz CT molecular complexity index is 1510. The van der Waals surface area contributed by atoms with Gasteiger partial charge in [-0.2, -0.15) is 0 Å². The molecule has 2 atom stereocenters. The lowest BCUT2D eigenvalue weighted by atomic mass is 9.94. The first-order chi connectivity index (χ1) is 18.9. The van der Waals surface area contributed by atoms with Crippen LogP contribution in [0.1, 0.15) is 42.2 Å². The highest BCUT2D eigenvalue weighted by molar-refractivity contribution is 6.19. The predicted molar refractivity (Wildman–Crippen MR) is 167 cm³/mol. The normalized spacial score (nSPS) is 15.1. The topological polar surface area (TPSA) is 57.4 Å². The molecule has 202 valence electrons. The fourth-order valence-electron chi connectivity index (χ4n) is 4.91. The third-order valence-electron chi connectivity index (χ3n) is 7.05. The molecular formula is C33H36ClN3O2. The third-order valence-corrected chi connectivity index (χ3v) is 7.43. The van der Waals surface area contributed by atoms with E-state index in [-0.39, 0.29) is 11.8 Å². The van der Waals surface area contributed by atoms with Gasteiger partial charge < -0.3 is 19.9 Å². The molecule has 0 saturated heterocycles. The maximum absolute atomic E-state index is 13.7. The molecule has 6 heteroatoms. The molecule has 0 radical (unpaired) electrons. The van der Waals surface area contributed by atoms with Crippen LogP contribution in [0.5, 0.6) is 5.75 Å². The van der Waals surface area contributed by atoms with Crippen molar-refractivity contribution in [1.29, 1.82) is 0 Å². The number of ether oxygens (including phenoxy) is 1. The van der Waals surface area contributed by atoms with E-state index in [1.54, 1.807) is 19.3 Å². The quantitative estimate of drug-likeness (QED) is 0.174. The van der Waals surface area contributed by atoms with Gasteiger partial charge >= 0.3 is 0 Å². The molecule has 3 aromatic carbocycles. The number of methoxy groups -OCH3 is 1. The molecule has 0 spiro atoms. The van der Waals surface area contributed by atoms with Crippen molar-refractivity contribution in [3.05, 3.63) is 103 Å². The van der Waals surface area contributed by atoms with Crippen LogP contribution in [0.4, 0.5) is 11.4 Å². The lowest BCUT2D eigenvalue weighted by Crippen LogP contribution is -2.30. The van der Waals surface area contributed by atoms with Crippen LogP contribution in [0, 0.1) is 0 Å². The first kappa shape index (κ1) is 28.1. The number of carbonyl (C=O) groups excluding carboxylic acids is 1. The molecule has 4 aromatic rings. The second kappa shape index (κ2) is 12.7. The lowest BCUT2D eigenvalue weighted by Gasteiger charge is -2.21. The minimum absolute atomic E-state index is 0.0520. The number of aromatic amines is 1. The Kier molecular flexibility index (Phi) is 9.15. The summed E-state index contributed by atoms with van der Waals surface area (Å²) in [4.78, 5) is 18.9. The molecule has 1 aliphatic rings. The van der Waals surface area contributed by atoms with Gasteiger partial charge in [-0.1, -0.05) is 68.7 Å². The van der Waals surface area contributed by atoms with Gasteiger partial charge in [0.25, 0.3) is 5.91 Å². The number of halogens is 1. The Morgan fingerprint density at radius 1 is 1.15 bits per heavy atom. The van der Waals surface area contributed by atoms with Crippen molar-refractivity contribution >= 4 is 50.6 Å². The van der Waals surface area contributed by atoms with Crippen LogP contribution < -0.4 is 15.0 Å². The van der Waals surface area contributed by atoms with E-state index >= 15 is 0 Å². The summed E-state index contributed by atoms with van der Waals surface area (Å²) in [6.45, 7) is 11.8. The monoisotopic (exact) mass is 541 g/mol. The van der Waals surface area contributed by atoms with Gasteiger partial charge in [-0.05, 0) is 54.6 Å². The fourth-order valence-corrected chi connectivity index (χ4v) is 5.16. The summed E-state index contributed by atoms with van der Waals surface area (Å²) >= 11 is 6.42. The molecule has 1 amide bonds. The number of aromatic nitrogens is 1. The number of carbonyl (C=O) groups is 1. The van der Waals surface area contributed by atoms with E-state index in [1.807, 2.05) is 41.3 Å². The molecule has 39 heavy (non-hydrogen) atoms. The first-order valence-electron chi connectivity index (χ1n) is 13.2. The second-order valence-electron chi connectivity index (χ2n) is 9.62. The summed E-state index contributed by atoms with van der Waals surface area (Å²) in [6.07, 6.45) is 8.08. The summed E-state index contributed by atoms with van der Waals surface area (Å²) in [5.41, 5.74) is 4.61. The molecular weight excluding hydrogens is 506 g/mol. The van der Waals surface area contributed by atoms with Gasteiger partial charge in [0.05, 0.1) is 12.8 Å². The third kappa shape index (κ3) is 5.89. The number of nitrogens with zero attached hydrogens (tertiary/aromatic N) is 1. The first-order valence-corrected chi connectivity index (χ1v) is 13.8. The van der Waals surface area contributed by atoms with E-state index in [1.165, 1.54) is 5.39 Å². The van der Waals surface area contributed by atoms with E-state index in [0.717, 1.165) is 45.4 Å². The number of H-pyrrole nitrogens is 1. The predicted octanol–water partition coefficient (Wildman–Crippen LogP) is 8.44. The van der Waals surface area contributed by atoms with Crippen molar-refractivity contribution in [3.63, 3.8) is 0 Å². The molecule has 0 fully saturated rings. The second-order valence-corrected chi connectivity index (χ2v) is 9.92. The van der Waals surface area contributed by atoms with Crippen molar-refractivity contribution in [2.75, 3.05) is 29.8 Å². The number of fused-ring (bicyclic) bond motifs is 4. The minimum atomic E-state index is -0.0520. The SMILES string of the molecule is C=C/C=C\C=C.CCC(C)Nc1cc2c(c3ccccc13)C(CCl)CN2C(=O)c1cc2cc(OC)ccc2[nH]1. The summed E-state index contributed by atoms with van der Waals surface area (Å²) in [5, 5.41) is 6.91. The zero-order valence-corrected chi connectivity index (χ0v) is 23.6. The zero-order chi connectivity index (χ0) is 27.9. The number of amides is 1. The van der Waals surface area contributed by atoms with E-state index in [9.17, 15) is 4.79 Å². The van der Waals surface area contributed by atoms with E-state index < -0.39 is 0 Å². The number of nitrogens with one attached hydrogen (secondary N) is 2. The maximum Gasteiger partial charge on any atom is 0.274 e. The molecule has 0 aliphatic carbocycles. The van der Waals surface area contributed by atoms with E-state index in [0.29, 0.717) is 24.2 Å². The van der Waals surface area contributed by atoms with E-state index in [4.69, 9.17) is 16.3 Å². The molecule has 2 heterocycles. The van der Waals surface area contributed by atoms with Gasteiger partial charge in [0, 0.05) is 46.4 Å². The highest BCUT2D eigenvalue weighted by Crippen LogP contribution is 2.45. The van der Waals surface area contributed by atoms with Crippen LogP contribution in [-0.4, -0.2) is 36.5 Å². The van der Waals surface area contributed by atoms with Crippen molar-refractivity contribution in [1.82, 2.24) is 4.98 Å². The number of hydrogen-bond acceptors (Lipinski definition) is 3. The fraction of sp³-hybridized carbons (Fsp3) is 0.242. The van der Waals surface area contributed by atoms with Gasteiger partial charge in [0.15, 0.2) is 0 Å². The van der Waals surface area contributed by atoms with Crippen LogP contribution in [-0.2, 0) is 0 Å². The number of benzene rings is 3. The molecule has 2 N–H and O–H groups in total. The van der Waals surface area contributed by atoms with Crippen molar-refractivity contribution in [2.45, 2.75) is 32.2 Å². The van der Waals surface area contributed by atoms with Gasteiger partial charge in [-0.15, -0.1) is 11.6 Å². The van der Waals surface area contributed by atoms with Crippen molar-refractivity contribution < 1.29 is 9.53 Å². The Labute approximate surface area is 235 Å². The van der Waals surface area contributed by atoms with Crippen LogP contribution in [0.3, 0.4) is 0 Å². The number of anilines is 2. The molecule has 5 nitrogen and oxygen atoms in total. The number of allylic oxidation sites excluding steroid dienone is 4. The average Bonchev–Trinajstić information content (AvgIpc) is 3.57. The van der Waals surface area contributed by atoms with Crippen molar-refractivity contribution in [2.24, 2.45) is 0 Å². The summed E-state index contributed by atoms with van der Waals surface area (Å²) in [5.74, 6) is 1.26. The summed E-state index contributed by atoms with van der Waals surface area (Å²) in [6, 6.07) is 18.5. The Balaban J connectivity index is 0.000000531. The molecule has 1 aliphatic heterocycles. The van der Waals surface area contributed by atoms with Crippen LogP contribution in [0.15, 0.2) is 92.1 Å². The molecule has 2 unspecified atom stereocenters. The highest BCUT2D eigenvalue weighted by atomic mass is 35.5. The molecule has 1 aromatic heterocycles. The largest absolute Gasteiger partial charge is 0.497 e. The minimum Gasteiger partial charge on any atom is -0.497 e. The van der Waals surface area contributed by atoms with Gasteiger partial charge in [0.2, 0.25) is 0 Å².